The van der Waals surface area contributed by atoms with Gasteiger partial charge in [-0.25, -0.2) is 0 Å². The number of nitrogens with zero attached hydrogens (tertiary/aromatic N) is 2. The molecule has 35 heavy (non-hydrogen) atoms. The number of benzene rings is 4. The van der Waals surface area contributed by atoms with Crippen LogP contribution in [-0.2, 0) is 12.0 Å². The zero-order chi connectivity index (χ0) is 24.6. The highest BCUT2D eigenvalue weighted by molar-refractivity contribution is 5.74. The van der Waals surface area contributed by atoms with E-state index in [0.717, 1.165) is 33.5 Å². The molecule has 4 aromatic carbocycles. The van der Waals surface area contributed by atoms with Crippen LogP contribution in [0, 0.1) is 11.3 Å². The Labute approximate surface area is 207 Å². The Hall–Kier alpha value is -3.87. The molecule has 0 radical (unpaired) electrons. The highest BCUT2D eigenvalue weighted by Crippen LogP contribution is 2.46. The maximum Gasteiger partial charge on any atom is 0.138 e. The average molecular weight is 459 g/mol. The van der Waals surface area contributed by atoms with E-state index in [1.165, 1.54) is 5.56 Å². The predicted molar refractivity (Wildman–Crippen MR) is 142 cm³/mol. The SMILES string of the molecule is CC(C)(C)c1ccc(-c2ccc3c(c2)N(Cc2ccccc2)C(O)C3c2ccc(C#N)cc2)cc1. The van der Waals surface area contributed by atoms with Gasteiger partial charge in [-0.2, -0.15) is 5.26 Å². The summed E-state index contributed by atoms with van der Waals surface area (Å²) in [6.45, 7) is 7.30. The molecule has 2 unspecified atom stereocenters. The van der Waals surface area contributed by atoms with Crippen LogP contribution in [0.1, 0.15) is 54.5 Å². The smallest absolute Gasteiger partial charge is 0.138 e. The van der Waals surface area contributed by atoms with Crippen LogP contribution in [0.2, 0.25) is 0 Å². The molecule has 0 aromatic heterocycles. The van der Waals surface area contributed by atoms with E-state index < -0.39 is 6.23 Å². The van der Waals surface area contributed by atoms with Crippen molar-refractivity contribution in [2.75, 3.05) is 4.90 Å². The third kappa shape index (κ3) is 4.46. The van der Waals surface area contributed by atoms with E-state index in [4.69, 9.17) is 0 Å². The van der Waals surface area contributed by atoms with Crippen LogP contribution < -0.4 is 4.90 Å². The molecule has 4 aromatic rings. The van der Waals surface area contributed by atoms with E-state index in [2.05, 4.69) is 86.3 Å². The number of fused-ring (bicyclic) bond motifs is 1. The molecule has 174 valence electrons. The second kappa shape index (κ2) is 9.06. The molecular weight excluding hydrogens is 428 g/mol. The molecular formula is C32H30N2O. The van der Waals surface area contributed by atoms with Gasteiger partial charge >= 0.3 is 0 Å². The van der Waals surface area contributed by atoms with Crippen molar-refractivity contribution in [2.24, 2.45) is 0 Å². The first-order chi connectivity index (χ1) is 16.8. The standard InChI is InChI=1S/C32H30N2O/c1-32(2,3)27-16-13-24(14-17-27)26-15-18-28-29(19-26)34(21-23-7-5-4-6-8-23)31(35)30(28)25-11-9-22(20-33)10-12-25/h4-19,30-31,35H,21H2,1-3H3. The lowest BCUT2D eigenvalue weighted by Crippen LogP contribution is -2.33. The fraction of sp³-hybridized carbons (Fsp3) is 0.219. The summed E-state index contributed by atoms with van der Waals surface area (Å²) < 4.78 is 0. The highest BCUT2D eigenvalue weighted by atomic mass is 16.3. The van der Waals surface area contributed by atoms with Gasteiger partial charge in [-0.05, 0) is 57.0 Å². The summed E-state index contributed by atoms with van der Waals surface area (Å²) >= 11 is 0. The Morgan fingerprint density at radius 1 is 0.829 bits per heavy atom. The maximum absolute atomic E-state index is 11.6. The largest absolute Gasteiger partial charge is 0.373 e. The quantitative estimate of drug-likeness (QED) is 0.358. The molecule has 0 amide bonds. The van der Waals surface area contributed by atoms with E-state index in [9.17, 15) is 10.4 Å². The van der Waals surface area contributed by atoms with Gasteiger partial charge in [0.1, 0.15) is 6.23 Å². The van der Waals surface area contributed by atoms with Gasteiger partial charge in [0.25, 0.3) is 0 Å². The van der Waals surface area contributed by atoms with Crippen molar-refractivity contribution < 1.29 is 5.11 Å². The van der Waals surface area contributed by atoms with Crippen molar-refractivity contribution in [1.82, 2.24) is 0 Å². The second-order valence-corrected chi connectivity index (χ2v) is 10.3. The molecule has 3 nitrogen and oxygen atoms in total. The normalized spacial score (nSPS) is 17.2. The van der Waals surface area contributed by atoms with E-state index in [1.54, 1.807) is 0 Å². The van der Waals surface area contributed by atoms with Crippen LogP contribution in [0.15, 0.2) is 97.1 Å². The molecule has 0 saturated heterocycles. The number of hydrogen-bond acceptors (Lipinski definition) is 3. The van der Waals surface area contributed by atoms with Gasteiger partial charge in [0.05, 0.1) is 17.6 Å². The van der Waals surface area contributed by atoms with Gasteiger partial charge in [0.15, 0.2) is 0 Å². The molecule has 0 aliphatic carbocycles. The van der Waals surface area contributed by atoms with Crippen LogP contribution in [0.3, 0.4) is 0 Å². The van der Waals surface area contributed by atoms with Crippen molar-refractivity contribution in [2.45, 2.75) is 44.9 Å². The maximum atomic E-state index is 11.6. The molecule has 1 aliphatic heterocycles. The van der Waals surface area contributed by atoms with Crippen LogP contribution in [-0.4, -0.2) is 11.3 Å². The van der Waals surface area contributed by atoms with Crippen LogP contribution in [0.4, 0.5) is 5.69 Å². The minimum absolute atomic E-state index is 0.112. The molecule has 2 atom stereocenters. The number of hydrogen-bond donors (Lipinski definition) is 1. The number of nitriles is 1. The Balaban J connectivity index is 1.57. The molecule has 5 rings (SSSR count). The number of rotatable bonds is 4. The minimum Gasteiger partial charge on any atom is -0.373 e. The molecule has 1 heterocycles. The van der Waals surface area contributed by atoms with Gasteiger partial charge in [-0.3, -0.25) is 0 Å². The molecule has 1 N–H and O–H groups in total. The van der Waals surface area contributed by atoms with E-state index in [1.807, 2.05) is 42.5 Å². The fourth-order valence-corrected chi connectivity index (χ4v) is 4.96. The first-order valence-electron chi connectivity index (χ1n) is 12.1. The second-order valence-electron chi connectivity index (χ2n) is 10.3. The van der Waals surface area contributed by atoms with Crippen LogP contribution in [0.25, 0.3) is 11.1 Å². The summed E-state index contributed by atoms with van der Waals surface area (Å²) in [5, 5.41) is 20.8. The van der Waals surface area contributed by atoms with E-state index >= 15 is 0 Å². The summed E-state index contributed by atoms with van der Waals surface area (Å²) in [7, 11) is 0. The molecule has 0 bridgehead atoms. The van der Waals surface area contributed by atoms with Crippen molar-refractivity contribution in [3.63, 3.8) is 0 Å². The monoisotopic (exact) mass is 458 g/mol. The summed E-state index contributed by atoms with van der Waals surface area (Å²) in [6, 6.07) is 35.3. The van der Waals surface area contributed by atoms with Gasteiger partial charge in [0.2, 0.25) is 0 Å². The van der Waals surface area contributed by atoms with Crippen molar-refractivity contribution >= 4 is 5.69 Å². The average Bonchev–Trinajstić information content (AvgIpc) is 3.14. The third-order valence-corrected chi connectivity index (χ3v) is 6.97. The first-order valence-corrected chi connectivity index (χ1v) is 12.1. The topological polar surface area (TPSA) is 47.3 Å². The Bertz CT molecular complexity index is 1360. The lowest BCUT2D eigenvalue weighted by molar-refractivity contribution is 0.160. The molecule has 0 spiro atoms. The number of aliphatic hydroxyl groups excluding tert-OH is 1. The van der Waals surface area contributed by atoms with Gasteiger partial charge < -0.3 is 10.0 Å². The summed E-state index contributed by atoms with van der Waals surface area (Å²) in [4.78, 5) is 2.10. The van der Waals surface area contributed by atoms with E-state index in [0.29, 0.717) is 12.1 Å². The third-order valence-electron chi connectivity index (χ3n) is 6.97. The Morgan fingerprint density at radius 2 is 1.49 bits per heavy atom. The van der Waals surface area contributed by atoms with Gasteiger partial charge in [-0.15, -0.1) is 0 Å². The van der Waals surface area contributed by atoms with Gasteiger partial charge in [-0.1, -0.05) is 99.6 Å². The van der Waals surface area contributed by atoms with Crippen LogP contribution >= 0.6 is 0 Å². The minimum atomic E-state index is -0.698. The van der Waals surface area contributed by atoms with Crippen molar-refractivity contribution in [3.05, 3.63) is 125 Å². The van der Waals surface area contributed by atoms with E-state index in [-0.39, 0.29) is 11.3 Å². The van der Waals surface area contributed by atoms with Gasteiger partial charge in [0, 0.05) is 12.2 Å². The Kier molecular flexibility index (Phi) is 5.93. The van der Waals surface area contributed by atoms with Crippen molar-refractivity contribution in [3.8, 4) is 17.2 Å². The molecule has 0 saturated carbocycles. The lowest BCUT2D eigenvalue weighted by atomic mass is 9.86. The zero-order valence-corrected chi connectivity index (χ0v) is 20.4. The summed E-state index contributed by atoms with van der Waals surface area (Å²) in [5.74, 6) is -0.182. The van der Waals surface area contributed by atoms with Crippen molar-refractivity contribution in [1.29, 1.82) is 5.26 Å². The molecule has 3 heteroatoms. The fourth-order valence-electron chi connectivity index (χ4n) is 4.96. The zero-order valence-electron chi connectivity index (χ0n) is 20.4. The predicted octanol–water partition coefficient (Wildman–Crippen LogP) is 6.99. The van der Waals surface area contributed by atoms with Crippen LogP contribution in [0.5, 0.6) is 0 Å². The lowest BCUT2D eigenvalue weighted by Gasteiger charge is -2.26. The molecule has 1 aliphatic rings. The summed E-state index contributed by atoms with van der Waals surface area (Å²) in [6.07, 6.45) is -0.698. The molecule has 0 fully saturated rings. The number of anilines is 1. The summed E-state index contributed by atoms with van der Waals surface area (Å²) in [5.41, 5.74) is 8.66. The first kappa shape index (κ1) is 22.9. The number of aliphatic hydroxyl groups is 1. The Morgan fingerprint density at radius 3 is 2.11 bits per heavy atom. The highest BCUT2D eigenvalue weighted by Gasteiger charge is 2.38.